The van der Waals surface area contributed by atoms with Crippen LogP contribution in [0.4, 0.5) is 0 Å². The lowest BCUT2D eigenvalue weighted by Crippen LogP contribution is -2.34. The number of methoxy groups -OCH3 is 1. The van der Waals surface area contributed by atoms with Crippen molar-refractivity contribution in [2.24, 2.45) is 0 Å². The number of aliphatic hydroxyl groups excluding tert-OH is 1. The van der Waals surface area contributed by atoms with Crippen LogP contribution < -0.4 is 0 Å². The predicted molar refractivity (Wildman–Crippen MR) is 57.9 cm³/mol. The first-order valence-corrected chi connectivity index (χ1v) is 5.93. The Bertz CT molecular complexity index is 224. The van der Waals surface area contributed by atoms with Crippen LogP contribution in [0.3, 0.4) is 0 Å². The van der Waals surface area contributed by atoms with Gasteiger partial charge in [-0.25, -0.2) is 0 Å². The summed E-state index contributed by atoms with van der Waals surface area (Å²) < 4.78 is 27.3. The minimum absolute atomic E-state index is 0.0155. The molecule has 2 unspecified atom stereocenters. The first-order chi connectivity index (χ1) is 8.36. The molecule has 6 nitrogen and oxygen atoms in total. The smallest absolute Gasteiger partial charge is 0.115 e. The zero-order chi connectivity index (χ0) is 12.1. The molecule has 0 aromatic heterocycles. The quantitative estimate of drug-likeness (QED) is 0.595. The molecule has 0 aromatic carbocycles. The topological polar surface area (TPSA) is 66.4 Å². The second-order valence-corrected chi connectivity index (χ2v) is 4.13. The average molecular weight is 248 g/mol. The summed E-state index contributed by atoms with van der Waals surface area (Å²) in [6.45, 7) is 2.46. The molecule has 0 bridgehead atoms. The first-order valence-electron chi connectivity index (χ1n) is 5.93. The van der Waals surface area contributed by atoms with Gasteiger partial charge in [0.15, 0.2) is 0 Å². The van der Waals surface area contributed by atoms with Crippen LogP contribution in [0.2, 0.25) is 0 Å². The third-order valence-corrected chi connectivity index (χ3v) is 3.01. The van der Waals surface area contributed by atoms with Gasteiger partial charge in [0.05, 0.1) is 39.6 Å². The normalized spacial score (nSPS) is 36.4. The molecule has 2 aliphatic rings. The molecule has 0 radical (unpaired) electrons. The van der Waals surface area contributed by atoms with E-state index in [-0.39, 0.29) is 31.0 Å². The van der Waals surface area contributed by atoms with Crippen LogP contribution in [-0.4, -0.2) is 76.3 Å². The van der Waals surface area contributed by atoms with Crippen LogP contribution >= 0.6 is 0 Å². The Hall–Kier alpha value is -0.240. The highest BCUT2D eigenvalue weighted by Gasteiger charge is 2.48. The fourth-order valence-electron chi connectivity index (χ4n) is 2.20. The van der Waals surface area contributed by atoms with Gasteiger partial charge >= 0.3 is 0 Å². The summed E-state index contributed by atoms with van der Waals surface area (Å²) >= 11 is 0. The van der Waals surface area contributed by atoms with Crippen molar-refractivity contribution in [2.45, 2.75) is 24.4 Å². The van der Waals surface area contributed by atoms with Crippen LogP contribution in [-0.2, 0) is 23.7 Å². The van der Waals surface area contributed by atoms with Crippen molar-refractivity contribution in [3.05, 3.63) is 0 Å². The lowest BCUT2D eigenvalue weighted by atomic mass is 10.1. The number of hydrogen-bond acceptors (Lipinski definition) is 6. The molecule has 2 rings (SSSR count). The fraction of sp³-hybridized carbons (Fsp3) is 1.00. The van der Waals surface area contributed by atoms with E-state index in [2.05, 4.69) is 0 Å². The maximum atomic E-state index is 8.72. The molecular weight excluding hydrogens is 228 g/mol. The zero-order valence-electron chi connectivity index (χ0n) is 10.0. The molecule has 0 spiro atoms. The van der Waals surface area contributed by atoms with Gasteiger partial charge in [0.2, 0.25) is 0 Å². The number of ether oxygens (including phenoxy) is 5. The van der Waals surface area contributed by atoms with Gasteiger partial charge in [0, 0.05) is 7.11 Å². The molecule has 2 heterocycles. The van der Waals surface area contributed by atoms with Crippen molar-refractivity contribution in [3.8, 4) is 0 Å². The molecule has 2 fully saturated rings. The molecule has 0 aliphatic carbocycles. The molecule has 0 amide bonds. The number of fused-ring (bicyclic) bond motifs is 1. The third kappa shape index (κ3) is 3.15. The molecule has 1 N–H and O–H groups in total. The van der Waals surface area contributed by atoms with Gasteiger partial charge in [-0.15, -0.1) is 0 Å². The monoisotopic (exact) mass is 248 g/mol. The minimum Gasteiger partial charge on any atom is -0.394 e. The molecule has 4 atom stereocenters. The lowest BCUT2D eigenvalue weighted by Gasteiger charge is -2.17. The van der Waals surface area contributed by atoms with Crippen LogP contribution in [0.5, 0.6) is 0 Å². The SMILES string of the molecule is COCCO[C@@H]1COC2C1OC[C@@H]2OCCO. The molecule has 100 valence electrons. The van der Waals surface area contributed by atoms with E-state index in [1.165, 1.54) is 0 Å². The van der Waals surface area contributed by atoms with E-state index in [0.717, 1.165) is 0 Å². The minimum atomic E-state index is -0.0943. The summed E-state index contributed by atoms with van der Waals surface area (Å²) in [5, 5.41) is 8.72. The van der Waals surface area contributed by atoms with Gasteiger partial charge in [-0.3, -0.25) is 0 Å². The Balaban J connectivity index is 1.76. The number of aliphatic hydroxyl groups is 1. The van der Waals surface area contributed by atoms with Crippen LogP contribution in [0, 0.1) is 0 Å². The zero-order valence-corrected chi connectivity index (χ0v) is 10.0. The summed E-state index contributed by atoms with van der Waals surface area (Å²) in [5.74, 6) is 0. The van der Waals surface area contributed by atoms with E-state index in [0.29, 0.717) is 33.0 Å². The van der Waals surface area contributed by atoms with Crippen molar-refractivity contribution in [1.29, 1.82) is 0 Å². The van der Waals surface area contributed by atoms with Gasteiger partial charge in [0.25, 0.3) is 0 Å². The highest BCUT2D eigenvalue weighted by atomic mass is 16.6. The maximum Gasteiger partial charge on any atom is 0.115 e. The summed E-state index contributed by atoms with van der Waals surface area (Å²) in [7, 11) is 1.64. The molecule has 2 aliphatic heterocycles. The maximum absolute atomic E-state index is 8.72. The Kier molecular flexibility index (Phi) is 5.15. The lowest BCUT2D eigenvalue weighted by molar-refractivity contribution is -0.0608. The first kappa shape index (κ1) is 13.2. The van der Waals surface area contributed by atoms with Gasteiger partial charge in [-0.2, -0.15) is 0 Å². The fourth-order valence-corrected chi connectivity index (χ4v) is 2.20. The molecule has 0 aromatic rings. The summed E-state index contributed by atoms with van der Waals surface area (Å²) in [6.07, 6.45) is -0.273. The van der Waals surface area contributed by atoms with E-state index in [1.54, 1.807) is 7.11 Å². The molecular formula is C11H20O6. The summed E-state index contributed by atoms with van der Waals surface area (Å²) in [6, 6.07) is 0. The number of rotatable bonds is 7. The van der Waals surface area contributed by atoms with E-state index in [9.17, 15) is 0 Å². The van der Waals surface area contributed by atoms with Crippen LogP contribution in [0.1, 0.15) is 0 Å². The predicted octanol–water partition coefficient (Wildman–Crippen LogP) is -0.807. The van der Waals surface area contributed by atoms with E-state index >= 15 is 0 Å². The van der Waals surface area contributed by atoms with Crippen molar-refractivity contribution in [3.63, 3.8) is 0 Å². The Morgan fingerprint density at radius 1 is 1.00 bits per heavy atom. The summed E-state index contributed by atoms with van der Waals surface area (Å²) in [5.41, 5.74) is 0. The standard InChI is InChI=1S/C11H20O6/c1-13-4-5-15-9-7-17-10-8(14-3-2-12)6-16-11(9)10/h8-12H,2-7H2,1H3/t8-,9+,10?,11?/m0/s1. The summed E-state index contributed by atoms with van der Waals surface area (Å²) in [4.78, 5) is 0. The van der Waals surface area contributed by atoms with Gasteiger partial charge in [-0.1, -0.05) is 0 Å². The average Bonchev–Trinajstić information content (AvgIpc) is 2.90. The van der Waals surface area contributed by atoms with E-state index in [4.69, 9.17) is 28.8 Å². The highest BCUT2D eigenvalue weighted by Crippen LogP contribution is 2.30. The third-order valence-electron chi connectivity index (χ3n) is 3.01. The van der Waals surface area contributed by atoms with Gasteiger partial charge < -0.3 is 28.8 Å². The highest BCUT2D eigenvalue weighted by molar-refractivity contribution is 4.95. The molecule has 0 saturated carbocycles. The van der Waals surface area contributed by atoms with Crippen molar-refractivity contribution in [2.75, 3.05) is 46.8 Å². The Labute approximate surface area is 101 Å². The molecule has 17 heavy (non-hydrogen) atoms. The van der Waals surface area contributed by atoms with E-state index < -0.39 is 0 Å². The number of hydrogen-bond donors (Lipinski definition) is 1. The second kappa shape index (κ2) is 6.63. The largest absolute Gasteiger partial charge is 0.394 e. The van der Waals surface area contributed by atoms with Crippen molar-refractivity contribution >= 4 is 0 Å². The van der Waals surface area contributed by atoms with Crippen molar-refractivity contribution < 1.29 is 28.8 Å². The molecule has 6 heteroatoms. The van der Waals surface area contributed by atoms with Crippen LogP contribution in [0.25, 0.3) is 0 Å². The Morgan fingerprint density at radius 2 is 1.59 bits per heavy atom. The van der Waals surface area contributed by atoms with Gasteiger partial charge in [-0.05, 0) is 0 Å². The second-order valence-electron chi connectivity index (χ2n) is 4.13. The molecule has 2 saturated heterocycles. The van der Waals surface area contributed by atoms with Crippen molar-refractivity contribution in [1.82, 2.24) is 0 Å². The van der Waals surface area contributed by atoms with E-state index in [1.807, 2.05) is 0 Å². The van der Waals surface area contributed by atoms with Gasteiger partial charge in [0.1, 0.15) is 24.4 Å². The van der Waals surface area contributed by atoms with Crippen LogP contribution in [0.15, 0.2) is 0 Å². The Morgan fingerprint density at radius 3 is 2.12 bits per heavy atom.